The van der Waals surface area contributed by atoms with Crippen LogP contribution in [-0.4, -0.2) is 37.7 Å². The molecule has 0 radical (unpaired) electrons. The van der Waals surface area contributed by atoms with Crippen LogP contribution in [0.1, 0.15) is 30.9 Å². The molecule has 0 aromatic heterocycles. The number of likely N-dealkylation sites (tertiary alicyclic amines) is 1. The molecule has 1 unspecified atom stereocenters. The van der Waals surface area contributed by atoms with E-state index < -0.39 is 0 Å². The van der Waals surface area contributed by atoms with Gasteiger partial charge in [-0.1, -0.05) is 25.1 Å². The van der Waals surface area contributed by atoms with Gasteiger partial charge in [0.1, 0.15) is 12.4 Å². The first kappa shape index (κ1) is 25.5. The van der Waals surface area contributed by atoms with E-state index in [4.69, 9.17) is 9.47 Å². The molecule has 29 heavy (non-hydrogen) atoms. The van der Waals surface area contributed by atoms with Gasteiger partial charge in [0.15, 0.2) is 11.5 Å². The van der Waals surface area contributed by atoms with Crippen molar-refractivity contribution in [2.45, 2.75) is 39.0 Å². The van der Waals surface area contributed by atoms with Gasteiger partial charge in [-0.25, -0.2) is 4.39 Å². The fourth-order valence-electron chi connectivity index (χ4n) is 3.61. The Morgan fingerprint density at radius 2 is 1.79 bits per heavy atom. The van der Waals surface area contributed by atoms with Crippen molar-refractivity contribution >= 4 is 24.8 Å². The van der Waals surface area contributed by atoms with Gasteiger partial charge in [-0.3, -0.25) is 4.90 Å². The van der Waals surface area contributed by atoms with Gasteiger partial charge < -0.3 is 14.8 Å². The van der Waals surface area contributed by atoms with Crippen LogP contribution in [-0.2, 0) is 13.2 Å². The quantitative estimate of drug-likeness (QED) is 0.600. The third kappa shape index (κ3) is 7.34. The molecule has 2 aromatic rings. The number of benzene rings is 2. The molecule has 0 aliphatic carbocycles. The van der Waals surface area contributed by atoms with E-state index in [2.05, 4.69) is 23.2 Å². The molecule has 0 spiro atoms. The number of hydrogen-bond donors (Lipinski definition) is 1. The Kier molecular flexibility index (Phi) is 11.4. The smallest absolute Gasteiger partial charge is 0.161 e. The normalized spacial score (nSPS) is 16.0. The highest BCUT2D eigenvalue weighted by Crippen LogP contribution is 2.29. The van der Waals surface area contributed by atoms with E-state index in [0.29, 0.717) is 24.1 Å². The highest BCUT2D eigenvalue weighted by Gasteiger charge is 2.22. The van der Waals surface area contributed by atoms with Crippen LogP contribution in [0.25, 0.3) is 0 Å². The van der Waals surface area contributed by atoms with Gasteiger partial charge in [0.05, 0.1) is 7.11 Å². The van der Waals surface area contributed by atoms with Crippen LogP contribution < -0.4 is 14.8 Å². The molecule has 1 N–H and O–H groups in total. The van der Waals surface area contributed by atoms with Crippen molar-refractivity contribution in [3.05, 3.63) is 59.4 Å². The second kappa shape index (κ2) is 12.9. The van der Waals surface area contributed by atoms with Crippen molar-refractivity contribution in [3.8, 4) is 11.5 Å². The van der Waals surface area contributed by atoms with Gasteiger partial charge in [0, 0.05) is 19.1 Å². The molecule has 2 aromatic carbocycles. The van der Waals surface area contributed by atoms with Crippen LogP contribution >= 0.6 is 24.8 Å². The molecule has 1 saturated heterocycles. The molecule has 0 bridgehead atoms. The van der Waals surface area contributed by atoms with E-state index >= 15 is 0 Å². The van der Waals surface area contributed by atoms with Gasteiger partial charge in [-0.05, 0) is 61.3 Å². The van der Waals surface area contributed by atoms with Crippen LogP contribution in [0.2, 0.25) is 0 Å². The maximum atomic E-state index is 13.0. The van der Waals surface area contributed by atoms with Crippen LogP contribution in [0.5, 0.6) is 11.5 Å². The lowest BCUT2D eigenvalue weighted by Crippen LogP contribution is -2.37. The summed E-state index contributed by atoms with van der Waals surface area (Å²) in [7, 11) is 1.65. The standard InChI is InChI=1S/C22H29FN2O2.2ClH/c1-3-25-12-4-5-20(25)15-24-14-18-8-11-21(22(13-18)26-2)27-16-17-6-9-19(23)10-7-17;;/h6-11,13,20,24H,3-5,12,14-16H2,1-2H3;2*1H. The highest BCUT2D eigenvalue weighted by molar-refractivity contribution is 5.85. The molecule has 0 saturated carbocycles. The van der Waals surface area contributed by atoms with Gasteiger partial charge in [0.2, 0.25) is 0 Å². The Labute approximate surface area is 185 Å². The van der Waals surface area contributed by atoms with E-state index in [-0.39, 0.29) is 30.6 Å². The number of halogens is 3. The van der Waals surface area contributed by atoms with Gasteiger partial charge in [-0.2, -0.15) is 0 Å². The maximum absolute atomic E-state index is 13.0. The van der Waals surface area contributed by atoms with Gasteiger partial charge in [0.25, 0.3) is 0 Å². The number of likely N-dealkylation sites (N-methyl/N-ethyl adjacent to an activating group) is 1. The fraction of sp³-hybridized carbons (Fsp3) is 0.455. The van der Waals surface area contributed by atoms with Crippen molar-refractivity contribution < 1.29 is 13.9 Å². The first-order chi connectivity index (χ1) is 13.2. The number of nitrogens with zero attached hydrogens (tertiary/aromatic N) is 1. The van der Waals surface area contributed by atoms with Crippen LogP contribution in [0.4, 0.5) is 4.39 Å². The molecule has 4 nitrogen and oxygen atoms in total. The molecule has 7 heteroatoms. The molecule has 1 aliphatic heterocycles. The lowest BCUT2D eigenvalue weighted by atomic mass is 10.1. The fourth-order valence-corrected chi connectivity index (χ4v) is 3.61. The minimum atomic E-state index is -0.243. The summed E-state index contributed by atoms with van der Waals surface area (Å²) in [5, 5.41) is 3.57. The molecular weight excluding hydrogens is 414 g/mol. The number of hydrogen-bond acceptors (Lipinski definition) is 4. The number of ether oxygens (including phenoxy) is 2. The molecule has 162 valence electrons. The summed E-state index contributed by atoms with van der Waals surface area (Å²) in [5.41, 5.74) is 2.09. The third-order valence-electron chi connectivity index (χ3n) is 5.15. The highest BCUT2D eigenvalue weighted by atomic mass is 35.5. The van der Waals surface area contributed by atoms with Crippen molar-refractivity contribution in [3.63, 3.8) is 0 Å². The van der Waals surface area contributed by atoms with Gasteiger partial charge in [-0.15, -0.1) is 24.8 Å². The molecular formula is C22H31Cl2FN2O2. The van der Waals surface area contributed by atoms with Gasteiger partial charge >= 0.3 is 0 Å². The number of nitrogens with one attached hydrogen (secondary N) is 1. The molecule has 3 rings (SSSR count). The average Bonchev–Trinajstić information content (AvgIpc) is 3.15. The lowest BCUT2D eigenvalue weighted by molar-refractivity contribution is 0.260. The molecule has 1 atom stereocenters. The van der Waals surface area contributed by atoms with Crippen molar-refractivity contribution in [2.24, 2.45) is 0 Å². The average molecular weight is 445 g/mol. The minimum Gasteiger partial charge on any atom is -0.493 e. The summed E-state index contributed by atoms with van der Waals surface area (Å²) in [6, 6.07) is 13.0. The molecule has 1 heterocycles. The molecule has 0 amide bonds. The number of rotatable bonds is 9. The Balaban J connectivity index is 0.00000210. The Bertz CT molecular complexity index is 731. The van der Waals surface area contributed by atoms with E-state index in [1.165, 1.54) is 37.1 Å². The van der Waals surface area contributed by atoms with E-state index in [9.17, 15) is 4.39 Å². The van der Waals surface area contributed by atoms with Crippen molar-refractivity contribution in [2.75, 3.05) is 26.7 Å². The zero-order valence-electron chi connectivity index (χ0n) is 17.0. The second-order valence-corrected chi connectivity index (χ2v) is 6.96. The van der Waals surface area contributed by atoms with Crippen molar-refractivity contribution in [1.29, 1.82) is 0 Å². The molecule has 1 fully saturated rings. The monoisotopic (exact) mass is 444 g/mol. The first-order valence-corrected chi connectivity index (χ1v) is 9.68. The first-order valence-electron chi connectivity index (χ1n) is 9.68. The zero-order chi connectivity index (χ0) is 19.1. The van der Waals surface area contributed by atoms with E-state index in [1.807, 2.05) is 12.1 Å². The Morgan fingerprint density at radius 3 is 2.48 bits per heavy atom. The molecule has 1 aliphatic rings. The summed E-state index contributed by atoms with van der Waals surface area (Å²) in [4.78, 5) is 2.54. The van der Waals surface area contributed by atoms with Crippen LogP contribution in [0.3, 0.4) is 0 Å². The van der Waals surface area contributed by atoms with E-state index in [0.717, 1.165) is 25.2 Å². The summed E-state index contributed by atoms with van der Waals surface area (Å²) < 4.78 is 24.3. The predicted octanol–water partition coefficient (Wildman–Crippen LogP) is 4.83. The SMILES string of the molecule is CCN1CCCC1CNCc1ccc(OCc2ccc(F)cc2)c(OC)c1.Cl.Cl. The lowest BCUT2D eigenvalue weighted by Gasteiger charge is -2.23. The van der Waals surface area contributed by atoms with E-state index in [1.54, 1.807) is 19.2 Å². The van der Waals surface area contributed by atoms with Crippen LogP contribution in [0, 0.1) is 5.82 Å². The maximum Gasteiger partial charge on any atom is 0.161 e. The second-order valence-electron chi connectivity index (χ2n) is 6.96. The summed E-state index contributed by atoms with van der Waals surface area (Å²) in [6.45, 7) is 6.77. The van der Waals surface area contributed by atoms with Crippen molar-refractivity contribution in [1.82, 2.24) is 10.2 Å². The third-order valence-corrected chi connectivity index (χ3v) is 5.15. The Morgan fingerprint density at radius 1 is 1.07 bits per heavy atom. The Hall–Kier alpha value is -1.53. The van der Waals surface area contributed by atoms with Crippen LogP contribution in [0.15, 0.2) is 42.5 Å². The zero-order valence-corrected chi connectivity index (χ0v) is 18.7. The number of methoxy groups -OCH3 is 1. The summed E-state index contributed by atoms with van der Waals surface area (Å²) in [6.07, 6.45) is 2.58. The largest absolute Gasteiger partial charge is 0.493 e. The summed E-state index contributed by atoms with van der Waals surface area (Å²) >= 11 is 0. The topological polar surface area (TPSA) is 33.7 Å². The summed E-state index contributed by atoms with van der Waals surface area (Å²) in [5.74, 6) is 1.17. The minimum absolute atomic E-state index is 0. The predicted molar refractivity (Wildman–Crippen MR) is 120 cm³/mol.